The van der Waals surface area contributed by atoms with Gasteiger partial charge in [0.1, 0.15) is 6.54 Å². The fourth-order valence-corrected chi connectivity index (χ4v) is 2.90. The number of halogens is 3. The smallest absolute Gasteiger partial charge is 0.406 e. The Hall–Kier alpha value is -1.27. The highest BCUT2D eigenvalue weighted by atomic mass is 19.4. The summed E-state index contributed by atoms with van der Waals surface area (Å²) in [5.41, 5.74) is 0. The van der Waals surface area contributed by atoms with Crippen molar-refractivity contribution in [2.45, 2.75) is 45.7 Å². The molecular weight excluding hydrogens is 287 g/mol. The van der Waals surface area contributed by atoms with Crippen LogP contribution >= 0.6 is 0 Å². The second-order valence-electron chi connectivity index (χ2n) is 5.86. The normalized spacial score (nSPS) is 25.9. The molecule has 21 heavy (non-hydrogen) atoms. The predicted molar refractivity (Wildman–Crippen MR) is 70.6 cm³/mol. The first kappa shape index (κ1) is 17.8. The summed E-state index contributed by atoms with van der Waals surface area (Å²) >= 11 is 0. The summed E-state index contributed by atoms with van der Waals surface area (Å²) in [7, 11) is 0. The Morgan fingerprint density at radius 2 is 1.81 bits per heavy atom. The average Bonchev–Trinajstić information content (AvgIpc) is 2.74. The Kier molecular flexibility index (Phi) is 6.04. The average molecular weight is 309 g/mol. The Morgan fingerprint density at radius 3 is 2.29 bits per heavy atom. The number of aliphatic carboxylic acids is 1. The summed E-state index contributed by atoms with van der Waals surface area (Å²) in [5, 5.41) is 9.15. The largest absolute Gasteiger partial charge is 0.481 e. The molecule has 1 unspecified atom stereocenters. The first-order valence-electron chi connectivity index (χ1n) is 7.24. The van der Waals surface area contributed by atoms with Crippen LogP contribution in [0.4, 0.5) is 13.2 Å². The van der Waals surface area contributed by atoms with E-state index in [2.05, 4.69) is 0 Å². The maximum atomic E-state index is 12.6. The van der Waals surface area contributed by atoms with Crippen LogP contribution in [0.1, 0.15) is 39.5 Å². The highest BCUT2D eigenvalue weighted by Crippen LogP contribution is 2.38. The van der Waals surface area contributed by atoms with Gasteiger partial charge in [-0.15, -0.1) is 0 Å². The van der Waals surface area contributed by atoms with Crippen LogP contribution in [0.25, 0.3) is 0 Å². The van der Waals surface area contributed by atoms with Crippen LogP contribution in [0.15, 0.2) is 0 Å². The second-order valence-corrected chi connectivity index (χ2v) is 5.86. The highest BCUT2D eigenvalue weighted by molar-refractivity contribution is 5.85. The Balaban J connectivity index is 2.85. The van der Waals surface area contributed by atoms with E-state index in [0.29, 0.717) is 25.7 Å². The fourth-order valence-electron chi connectivity index (χ4n) is 2.90. The lowest BCUT2D eigenvalue weighted by Gasteiger charge is -2.28. The van der Waals surface area contributed by atoms with Gasteiger partial charge < -0.3 is 10.0 Å². The minimum Gasteiger partial charge on any atom is -0.481 e. The van der Waals surface area contributed by atoms with Crippen molar-refractivity contribution < 1.29 is 27.9 Å². The number of carboxylic acid groups (broad SMARTS) is 1. The van der Waals surface area contributed by atoms with Gasteiger partial charge in [-0.25, -0.2) is 0 Å². The third-order valence-corrected chi connectivity index (χ3v) is 3.90. The van der Waals surface area contributed by atoms with Gasteiger partial charge in [0.05, 0.1) is 11.8 Å². The predicted octanol–water partition coefficient (Wildman–Crippen LogP) is 2.92. The molecule has 3 atom stereocenters. The zero-order valence-electron chi connectivity index (χ0n) is 12.3. The molecule has 1 aliphatic carbocycles. The third kappa shape index (κ3) is 5.21. The van der Waals surface area contributed by atoms with E-state index in [1.54, 1.807) is 0 Å². The molecule has 0 radical (unpaired) electrons. The van der Waals surface area contributed by atoms with Gasteiger partial charge in [-0.05, 0) is 25.2 Å². The van der Waals surface area contributed by atoms with Gasteiger partial charge in [-0.3, -0.25) is 9.59 Å². The molecule has 0 heterocycles. The van der Waals surface area contributed by atoms with E-state index in [9.17, 15) is 22.8 Å². The van der Waals surface area contributed by atoms with Crippen molar-refractivity contribution in [1.29, 1.82) is 0 Å². The van der Waals surface area contributed by atoms with Gasteiger partial charge in [-0.2, -0.15) is 13.2 Å². The SMILES string of the molecule is CCCCN(CC(F)(F)F)C(=O)[C@H]1CC(C)C[C@H]1C(=O)O. The van der Waals surface area contributed by atoms with E-state index in [4.69, 9.17) is 5.11 Å². The summed E-state index contributed by atoms with van der Waals surface area (Å²) < 4.78 is 37.8. The standard InChI is InChI=1S/C14H22F3NO3/c1-3-4-5-18(8-14(15,16)17)12(19)10-6-9(2)7-11(10)13(20)21/h9-11H,3-8H2,1-2H3,(H,20,21)/t9?,10-,11+/m0/s1. The van der Waals surface area contributed by atoms with Crippen LogP contribution < -0.4 is 0 Å². The van der Waals surface area contributed by atoms with Gasteiger partial charge in [0, 0.05) is 6.54 Å². The molecule has 0 spiro atoms. The van der Waals surface area contributed by atoms with Crippen molar-refractivity contribution in [3.05, 3.63) is 0 Å². The van der Waals surface area contributed by atoms with Gasteiger partial charge in [-0.1, -0.05) is 20.3 Å². The number of carbonyl (C=O) groups is 2. The number of hydrogen-bond acceptors (Lipinski definition) is 2. The van der Waals surface area contributed by atoms with Crippen LogP contribution in [-0.2, 0) is 9.59 Å². The molecule has 0 bridgehead atoms. The van der Waals surface area contributed by atoms with E-state index in [1.165, 1.54) is 0 Å². The topological polar surface area (TPSA) is 57.6 Å². The van der Waals surface area contributed by atoms with Crippen molar-refractivity contribution >= 4 is 11.9 Å². The van der Waals surface area contributed by atoms with Gasteiger partial charge in [0.25, 0.3) is 0 Å². The lowest BCUT2D eigenvalue weighted by molar-refractivity contribution is -0.166. The summed E-state index contributed by atoms with van der Waals surface area (Å²) in [6, 6.07) is 0. The molecule has 0 aliphatic heterocycles. The van der Waals surface area contributed by atoms with Crippen LogP contribution in [0.3, 0.4) is 0 Å². The van der Waals surface area contributed by atoms with Crippen LogP contribution in [0, 0.1) is 17.8 Å². The molecule has 0 aromatic carbocycles. The van der Waals surface area contributed by atoms with E-state index in [0.717, 1.165) is 4.90 Å². The molecule has 7 heteroatoms. The number of unbranched alkanes of at least 4 members (excludes halogenated alkanes) is 1. The molecule has 1 fully saturated rings. The number of carbonyl (C=O) groups excluding carboxylic acids is 1. The third-order valence-electron chi connectivity index (χ3n) is 3.90. The number of alkyl halides is 3. The lowest BCUT2D eigenvalue weighted by Crippen LogP contribution is -2.44. The zero-order valence-corrected chi connectivity index (χ0v) is 12.3. The Bertz CT molecular complexity index is 384. The molecule has 0 aromatic heterocycles. The highest BCUT2D eigenvalue weighted by Gasteiger charge is 2.44. The van der Waals surface area contributed by atoms with E-state index in [1.807, 2.05) is 13.8 Å². The fraction of sp³-hybridized carbons (Fsp3) is 0.857. The summed E-state index contributed by atoms with van der Waals surface area (Å²) in [6.45, 7) is 2.37. The van der Waals surface area contributed by atoms with Crippen LogP contribution in [-0.4, -0.2) is 41.1 Å². The van der Waals surface area contributed by atoms with Crippen molar-refractivity contribution in [3.63, 3.8) is 0 Å². The van der Waals surface area contributed by atoms with Crippen molar-refractivity contribution in [2.24, 2.45) is 17.8 Å². The lowest BCUT2D eigenvalue weighted by atomic mass is 9.94. The van der Waals surface area contributed by atoms with Gasteiger partial charge in [0.2, 0.25) is 5.91 Å². The number of amides is 1. The van der Waals surface area contributed by atoms with Gasteiger partial charge >= 0.3 is 12.1 Å². The second kappa shape index (κ2) is 7.13. The summed E-state index contributed by atoms with van der Waals surface area (Å²) in [4.78, 5) is 24.3. The van der Waals surface area contributed by atoms with Crippen LogP contribution in [0.5, 0.6) is 0 Å². The molecule has 1 saturated carbocycles. The number of nitrogens with zero attached hydrogens (tertiary/aromatic N) is 1. The quantitative estimate of drug-likeness (QED) is 0.820. The molecule has 1 rings (SSSR count). The number of carboxylic acids is 1. The molecule has 1 amide bonds. The molecule has 0 saturated heterocycles. The molecule has 0 aromatic rings. The Morgan fingerprint density at radius 1 is 1.24 bits per heavy atom. The Labute approximate surface area is 122 Å². The van der Waals surface area contributed by atoms with Crippen molar-refractivity contribution in [3.8, 4) is 0 Å². The van der Waals surface area contributed by atoms with Crippen molar-refractivity contribution in [2.75, 3.05) is 13.1 Å². The molecular formula is C14H22F3NO3. The molecule has 122 valence electrons. The number of hydrogen-bond donors (Lipinski definition) is 1. The minimum absolute atomic E-state index is 0.0199. The first-order chi connectivity index (χ1) is 9.65. The molecule has 1 aliphatic rings. The zero-order chi connectivity index (χ0) is 16.2. The summed E-state index contributed by atoms with van der Waals surface area (Å²) in [6.07, 6.45) is -2.63. The first-order valence-corrected chi connectivity index (χ1v) is 7.24. The van der Waals surface area contributed by atoms with Crippen LogP contribution in [0.2, 0.25) is 0 Å². The monoisotopic (exact) mass is 309 g/mol. The molecule has 1 N–H and O–H groups in total. The van der Waals surface area contributed by atoms with E-state index < -0.39 is 36.4 Å². The van der Waals surface area contributed by atoms with Crippen molar-refractivity contribution in [1.82, 2.24) is 4.90 Å². The summed E-state index contributed by atoms with van der Waals surface area (Å²) in [5.74, 6) is -3.43. The van der Waals surface area contributed by atoms with E-state index >= 15 is 0 Å². The minimum atomic E-state index is -4.47. The van der Waals surface area contributed by atoms with E-state index in [-0.39, 0.29) is 12.5 Å². The molecule has 4 nitrogen and oxygen atoms in total. The number of rotatable bonds is 6. The maximum Gasteiger partial charge on any atom is 0.406 e. The van der Waals surface area contributed by atoms with Gasteiger partial charge in [0.15, 0.2) is 0 Å². The maximum absolute atomic E-state index is 12.6.